The van der Waals surface area contributed by atoms with E-state index in [0.717, 1.165) is 133 Å². The number of ether oxygens (including phenoxy) is 4. The molecule has 26 nitrogen and oxygen atoms in total. The third-order valence-corrected chi connectivity index (χ3v) is 25.1. The normalized spacial score (nSPS) is 14.4. The van der Waals surface area contributed by atoms with Crippen molar-refractivity contribution in [3.8, 4) is 62.3 Å². The molecule has 3 aliphatic rings. The molecule has 1 saturated carbocycles. The van der Waals surface area contributed by atoms with E-state index in [4.69, 9.17) is 18.9 Å². The monoisotopic (exact) mass is 1690 g/mol. The Hall–Kier alpha value is -11.0. The molecule has 13 aromatic rings. The molecule has 0 unspecified atom stereocenters. The van der Waals surface area contributed by atoms with Crippen molar-refractivity contribution in [2.45, 2.75) is 122 Å². The van der Waals surface area contributed by atoms with Crippen LogP contribution >= 0.6 is 0 Å². The van der Waals surface area contributed by atoms with Crippen LogP contribution in [0.2, 0.25) is 0 Å². The topological polar surface area (TPSA) is 347 Å². The number of anilines is 1. The average molecular weight is 1690 g/mol. The Morgan fingerprint density at radius 1 is 0.475 bits per heavy atom. The summed E-state index contributed by atoms with van der Waals surface area (Å²) in [5.74, 6) is 0.353. The van der Waals surface area contributed by atoms with Crippen LogP contribution in [0.4, 0.5) is 14.5 Å². The fourth-order valence-electron chi connectivity index (χ4n) is 15.3. The number of sulfonamides is 1. The van der Waals surface area contributed by atoms with Gasteiger partial charge in [0.05, 0.1) is 59.5 Å². The molecule has 2 aliphatic heterocycles. The Morgan fingerprint density at radius 3 is 1.37 bits per heavy atom. The molecule has 0 spiro atoms. The van der Waals surface area contributed by atoms with Gasteiger partial charge < -0.3 is 47.1 Å². The number of H-pyrrole nitrogens is 4. The fourth-order valence-corrected chi connectivity index (χ4v) is 18.3. The number of benzene rings is 5. The van der Waals surface area contributed by atoms with Crippen molar-refractivity contribution in [1.29, 1.82) is 0 Å². The summed E-state index contributed by atoms with van der Waals surface area (Å²) >= 11 is 0. The van der Waals surface area contributed by atoms with E-state index < -0.39 is 51.2 Å². The Morgan fingerprint density at radius 2 is 0.898 bits per heavy atom. The second kappa shape index (κ2) is 35.7. The number of hydrogen-bond donors (Lipinski definition) is 5. The van der Waals surface area contributed by atoms with Crippen molar-refractivity contribution in [2.75, 3.05) is 55.7 Å². The summed E-state index contributed by atoms with van der Waals surface area (Å²) in [5.41, 5.74) is 15.7. The number of nitrogens with zero attached hydrogens (tertiary/aromatic N) is 5. The first-order chi connectivity index (χ1) is 56.1. The van der Waals surface area contributed by atoms with Gasteiger partial charge in [0.2, 0.25) is 10.0 Å². The number of aryl methyl sites for hydroxylation is 6. The summed E-state index contributed by atoms with van der Waals surface area (Å²) < 4.78 is 155. The summed E-state index contributed by atoms with van der Waals surface area (Å²) in [4.78, 5) is 57.2. The first-order valence-corrected chi connectivity index (χ1v) is 46.6. The van der Waals surface area contributed by atoms with Crippen LogP contribution < -0.4 is 36.4 Å². The van der Waals surface area contributed by atoms with Gasteiger partial charge in [-0.1, -0.05) is 50.1 Å². The molecule has 8 aromatic heterocycles. The first-order valence-electron chi connectivity index (χ1n) is 38.8. The maximum Gasteiger partial charge on any atom is 0.288 e. The number of aromatic amines is 4. The van der Waals surface area contributed by atoms with Crippen LogP contribution in [0.15, 0.2) is 178 Å². The lowest BCUT2D eigenvalue weighted by atomic mass is 9.90. The van der Waals surface area contributed by atoms with Crippen LogP contribution in [0.1, 0.15) is 108 Å². The van der Waals surface area contributed by atoms with Crippen LogP contribution in [-0.2, 0) is 79.1 Å². The summed E-state index contributed by atoms with van der Waals surface area (Å²) in [7, 11) is -13.0. The van der Waals surface area contributed by atoms with Gasteiger partial charge in [0.1, 0.15) is 51.8 Å². The maximum absolute atomic E-state index is 14.2. The van der Waals surface area contributed by atoms with E-state index in [1.807, 2.05) is 84.4 Å². The van der Waals surface area contributed by atoms with E-state index in [0.29, 0.717) is 92.3 Å². The molecule has 0 bridgehead atoms. The van der Waals surface area contributed by atoms with E-state index in [2.05, 4.69) is 42.0 Å². The van der Waals surface area contributed by atoms with Crippen molar-refractivity contribution < 1.29 is 61.4 Å². The maximum atomic E-state index is 14.2. The van der Waals surface area contributed by atoms with Gasteiger partial charge in [-0.2, -0.15) is 5.10 Å². The predicted octanol–water partition coefficient (Wildman–Crippen LogP) is 13.5. The highest BCUT2D eigenvalue weighted by Crippen LogP contribution is 2.41. The molecular formula is C86H94F2N10O16S4. The highest BCUT2D eigenvalue weighted by Gasteiger charge is 2.27. The molecular weight excluding hydrogens is 1600 g/mol. The van der Waals surface area contributed by atoms with Crippen molar-refractivity contribution in [1.82, 2.24) is 42.8 Å². The van der Waals surface area contributed by atoms with Crippen LogP contribution in [0.25, 0.3) is 67.1 Å². The van der Waals surface area contributed by atoms with Gasteiger partial charge in [-0.3, -0.25) is 28.3 Å². The third-order valence-electron chi connectivity index (χ3n) is 21.1. The Kier molecular flexibility index (Phi) is 25.6. The minimum Gasteiger partial charge on any atom is -0.490 e. The summed E-state index contributed by atoms with van der Waals surface area (Å²) in [6, 6.07) is 32.4. The molecule has 118 heavy (non-hydrogen) atoms. The van der Waals surface area contributed by atoms with Crippen molar-refractivity contribution in [3.63, 3.8) is 0 Å². The van der Waals surface area contributed by atoms with Crippen LogP contribution in [0.5, 0.6) is 17.2 Å². The van der Waals surface area contributed by atoms with Crippen molar-refractivity contribution in [3.05, 3.63) is 262 Å². The van der Waals surface area contributed by atoms with E-state index in [-0.39, 0.29) is 62.9 Å². The fraction of sp³-hybridized carbons (Fsp3) is 0.337. The zero-order valence-electron chi connectivity index (χ0n) is 66.6. The minimum atomic E-state index is -3.44. The lowest BCUT2D eigenvalue weighted by Crippen LogP contribution is -2.26. The molecule has 622 valence electrons. The Bertz CT molecular complexity index is 6690. The largest absolute Gasteiger partial charge is 0.490 e. The molecule has 1 aliphatic carbocycles. The molecule has 2 saturated heterocycles. The van der Waals surface area contributed by atoms with Gasteiger partial charge in [-0.05, 0) is 207 Å². The molecule has 32 heteroatoms. The van der Waals surface area contributed by atoms with Gasteiger partial charge in [-0.15, -0.1) is 0 Å². The van der Waals surface area contributed by atoms with E-state index in [1.54, 1.807) is 83.7 Å². The number of hydrogen-bond acceptors (Lipinski definition) is 17. The number of aromatic nitrogens is 9. The molecule has 0 atom stereocenters. The zero-order valence-corrected chi connectivity index (χ0v) is 69.9. The molecule has 10 heterocycles. The van der Waals surface area contributed by atoms with Crippen LogP contribution in [0, 0.1) is 51.2 Å². The standard InChI is InChI=1S/C23H20F2N2O4S.C23H28N2O4S.C21H24N2O3S.C19H22N4O5S/c1-3-32(29,30)13-15-4-6-20(31-21-7-5-16(24)12-18(21)25)17(11-15)19-10-14(2)22-23(28)26-8-9-27(19)22;1-16-13-21(25-10-9-24-23(26)22(16)25)20-14-18(15-30(2,27)28)4-6-19(20)5-3-17-7-11-29-12-8-17;1-14-11-19(23-10-9-22-21(24)20(14)23)18-12-16(13-27(2,25)26)6-8-17(18)7-5-15-3-4-15;1-12-9-16(23-11-20-21-19(24)18(12)23)15-10-13(22-29(2,25)26)3-4-17(15)28-14-5-7-27-8-6-14/h4-12H,3,13H2,1-2H3,(H,26,28);4,6,9-10,13-14,17H,3,5,7-8,11-12,15H2,1-2H3,(H,24,26);6,8-12,15H,3-5,7,13H2,1-2H3,(H,22,24);3-4,9-11,14,22H,5-8H2,1-2H3,(H,21,24). The quantitative estimate of drug-likeness (QED) is 0.0397. The second-order valence-electron chi connectivity index (χ2n) is 30.7. The van der Waals surface area contributed by atoms with Gasteiger partial charge in [-0.25, -0.2) is 47.6 Å². The number of halogens is 2. The molecule has 0 amide bonds. The number of fused-ring (bicyclic) bond motifs is 4. The molecule has 5 aromatic carbocycles. The van der Waals surface area contributed by atoms with E-state index in [1.165, 1.54) is 55.1 Å². The lowest BCUT2D eigenvalue weighted by Gasteiger charge is -2.25. The molecule has 16 rings (SSSR count). The third kappa shape index (κ3) is 20.7. The van der Waals surface area contributed by atoms with Crippen LogP contribution in [-0.4, -0.2) is 133 Å². The Labute approximate surface area is 681 Å². The number of sulfone groups is 3. The molecule has 5 N–H and O–H groups in total. The number of nitrogens with one attached hydrogen (secondary N) is 5. The van der Waals surface area contributed by atoms with Crippen molar-refractivity contribution in [2.24, 2.45) is 11.8 Å². The van der Waals surface area contributed by atoms with E-state index >= 15 is 0 Å². The van der Waals surface area contributed by atoms with Crippen molar-refractivity contribution >= 4 is 67.3 Å². The molecule has 3 fully saturated rings. The average Bonchev–Trinajstić information content (AvgIpc) is 1.64. The molecule has 0 radical (unpaired) electrons. The minimum absolute atomic E-state index is 0.00309. The van der Waals surface area contributed by atoms with Crippen LogP contribution in [0.3, 0.4) is 0 Å². The van der Waals surface area contributed by atoms with E-state index in [9.17, 15) is 61.6 Å². The summed E-state index contributed by atoms with van der Waals surface area (Å²) in [6.07, 6.45) is 25.7. The highest BCUT2D eigenvalue weighted by molar-refractivity contribution is 7.92. The second-order valence-corrected chi connectivity index (χ2v) is 39.1. The first kappa shape index (κ1) is 84.9. The SMILES string of the molecule is CCS(=O)(=O)Cc1ccc(Oc2ccc(F)cc2F)c(-c2cc(C)c3c(=O)[nH]ccn23)c1.Cc1cc(-c2cc(CS(C)(=O)=O)ccc2CCC2CC2)n2cc[nH]c(=O)c12.Cc1cc(-c2cc(CS(C)(=O)=O)ccc2CCC2CCOCC2)n2cc[nH]c(=O)c12.Cc1cc(-c2cc(NS(C)(=O)=O)ccc2OC2CCOCC2)n2cn[nH]c(=O)c12. The smallest absolute Gasteiger partial charge is 0.288 e. The number of rotatable bonds is 23. The predicted molar refractivity (Wildman–Crippen MR) is 453 cm³/mol. The van der Waals surface area contributed by atoms with Gasteiger partial charge >= 0.3 is 0 Å². The lowest BCUT2D eigenvalue weighted by molar-refractivity contribution is 0.0258. The van der Waals surface area contributed by atoms with Gasteiger partial charge in [0, 0.05) is 116 Å². The zero-order chi connectivity index (χ0) is 84.1. The summed E-state index contributed by atoms with van der Waals surface area (Å²) in [5, 5.41) is 6.34. The summed E-state index contributed by atoms with van der Waals surface area (Å²) in [6.45, 7) is 12.0. The van der Waals surface area contributed by atoms with Gasteiger partial charge in [0.15, 0.2) is 41.1 Å². The Balaban J connectivity index is 0.000000137. The van der Waals surface area contributed by atoms with Gasteiger partial charge in [0.25, 0.3) is 22.2 Å². The highest BCUT2D eigenvalue weighted by atomic mass is 32.2.